The molecule has 0 heterocycles. The van der Waals surface area contributed by atoms with E-state index < -0.39 is 10.0 Å². The van der Waals surface area contributed by atoms with Crippen LogP contribution in [0.25, 0.3) is 0 Å². The fourth-order valence-corrected chi connectivity index (χ4v) is 3.79. The zero-order chi connectivity index (χ0) is 19.2. The van der Waals surface area contributed by atoms with Crippen LogP contribution >= 0.6 is 0 Å². The average Bonchev–Trinajstić information content (AvgIpc) is 2.67. The lowest BCUT2D eigenvalue weighted by Crippen LogP contribution is -2.34. The first-order valence-electron chi connectivity index (χ1n) is 7.92. The molecule has 0 atom stereocenters. The zero-order valence-corrected chi connectivity index (χ0v) is 15.4. The summed E-state index contributed by atoms with van der Waals surface area (Å²) in [6.45, 7) is 7.34. The highest BCUT2D eigenvalue weighted by Crippen LogP contribution is 2.19. The first-order chi connectivity index (χ1) is 12.4. The van der Waals surface area contributed by atoms with Gasteiger partial charge in [-0.3, -0.25) is 4.79 Å². The maximum atomic E-state index is 12.8. The Kier molecular flexibility index (Phi) is 6.49. The Morgan fingerprint density at radius 1 is 1.12 bits per heavy atom. The molecular weight excluding hydrogens is 350 g/mol. The molecule has 0 aliphatic carbocycles. The molecular formula is C20H21NO4S. The molecule has 0 radical (unpaired) electrons. The van der Waals surface area contributed by atoms with Crippen molar-refractivity contribution >= 4 is 15.8 Å². The van der Waals surface area contributed by atoms with Gasteiger partial charge in [-0.2, -0.15) is 4.31 Å². The fourth-order valence-electron chi connectivity index (χ4n) is 2.36. The molecule has 0 bridgehead atoms. The van der Waals surface area contributed by atoms with Gasteiger partial charge >= 0.3 is 0 Å². The number of rotatable bonds is 9. The molecule has 2 aromatic rings. The van der Waals surface area contributed by atoms with E-state index in [1.165, 1.54) is 29.6 Å². The van der Waals surface area contributed by atoms with Crippen molar-refractivity contribution in [2.45, 2.75) is 4.90 Å². The molecule has 0 fully saturated rings. The lowest BCUT2D eigenvalue weighted by Gasteiger charge is -2.21. The highest BCUT2D eigenvalue weighted by molar-refractivity contribution is 7.89. The molecule has 0 amide bonds. The van der Waals surface area contributed by atoms with E-state index in [1.807, 2.05) is 0 Å². The van der Waals surface area contributed by atoms with Crippen molar-refractivity contribution in [2.75, 3.05) is 20.2 Å². The number of nitrogens with zero attached hydrogens (tertiary/aromatic N) is 1. The summed E-state index contributed by atoms with van der Waals surface area (Å²) < 4.78 is 31.9. The monoisotopic (exact) mass is 371 g/mol. The Morgan fingerprint density at radius 3 is 2.27 bits per heavy atom. The molecule has 0 N–H and O–H groups in total. The molecule has 0 saturated heterocycles. The van der Waals surface area contributed by atoms with Crippen LogP contribution in [0.2, 0.25) is 0 Å². The molecule has 0 aliphatic heterocycles. The number of benzene rings is 2. The molecule has 0 saturated carbocycles. The van der Waals surface area contributed by atoms with Gasteiger partial charge in [-0.25, -0.2) is 8.42 Å². The minimum Gasteiger partial charge on any atom is -0.497 e. The summed E-state index contributed by atoms with van der Waals surface area (Å²) in [6.07, 6.45) is 1.48. The number of methoxy groups -OCH3 is 1. The maximum absolute atomic E-state index is 12.8. The third-order valence-corrected chi connectivity index (χ3v) is 5.58. The van der Waals surface area contributed by atoms with E-state index >= 15 is 0 Å². The van der Waals surface area contributed by atoms with Crippen molar-refractivity contribution < 1.29 is 17.9 Å². The van der Waals surface area contributed by atoms with E-state index in [9.17, 15) is 13.2 Å². The molecule has 0 aliphatic rings. The fraction of sp³-hybridized carbons (Fsp3) is 0.150. The quantitative estimate of drug-likeness (QED) is 0.385. The second-order valence-corrected chi connectivity index (χ2v) is 7.50. The van der Waals surface area contributed by atoms with E-state index in [0.717, 1.165) is 0 Å². The number of sulfonamides is 1. The Bertz CT molecular complexity index is 887. The largest absolute Gasteiger partial charge is 0.497 e. The molecule has 0 aromatic heterocycles. The number of carbonyl (C=O) groups is 1. The van der Waals surface area contributed by atoms with E-state index in [1.54, 1.807) is 42.5 Å². The van der Waals surface area contributed by atoms with E-state index in [-0.39, 0.29) is 29.3 Å². The Morgan fingerprint density at radius 2 is 1.73 bits per heavy atom. The summed E-state index contributed by atoms with van der Waals surface area (Å²) in [4.78, 5) is 12.7. The Hall–Kier alpha value is -2.70. The summed E-state index contributed by atoms with van der Waals surface area (Å²) in [6, 6.07) is 14.6. The van der Waals surface area contributed by atoms with Gasteiger partial charge in [0.2, 0.25) is 10.0 Å². The van der Waals surface area contributed by atoms with Gasteiger partial charge in [-0.1, -0.05) is 30.9 Å². The average molecular weight is 371 g/mol. The number of ketones is 1. The van der Waals surface area contributed by atoms with Gasteiger partial charge in [0.15, 0.2) is 5.78 Å². The lowest BCUT2D eigenvalue weighted by molar-refractivity contribution is 0.103. The molecule has 26 heavy (non-hydrogen) atoms. The van der Waals surface area contributed by atoms with E-state index in [2.05, 4.69) is 13.2 Å². The summed E-state index contributed by atoms with van der Waals surface area (Å²) >= 11 is 0. The summed E-state index contributed by atoms with van der Waals surface area (Å²) in [5.74, 6) is 0.317. The van der Waals surface area contributed by atoms with Gasteiger partial charge in [0, 0.05) is 24.2 Å². The van der Waals surface area contributed by atoms with Crippen LogP contribution in [0.1, 0.15) is 10.4 Å². The molecule has 136 valence electrons. The first kappa shape index (κ1) is 19.6. The van der Waals surface area contributed by atoms with Gasteiger partial charge in [-0.05, 0) is 36.4 Å². The van der Waals surface area contributed by atoms with Crippen molar-refractivity contribution in [1.29, 1.82) is 0 Å². The minimum atomic E-state index is -3.76. The predicted molar refractivity (Wildman–Crippen MR) is 102 cm³/mol. The second kappa shape index (κ2) is 8.60. The van der Waals surface area contributed by atoms with Crippen LogP contribution in [0, 0.1) is 0 Å². The summed E-state index contributed by atoms with van der Waals surface area (Å²) in [7, 11) is -2.22. The predicted octanol–water partition coefficient (Wildman–Crippen LogP) is 3.31. The normalized spacial score (nSPS) is 11.2. The van der Waals surface area contributed by atoms with Crippen LogP contribution in [0.15, 0.2) is 84.3 Å². The highest BCUT2D eigenvalue weighted by Gasteiger charge is 2.25. The number of hydrogen-bond donors (Lipinski definition) is 0. The van der Waals surface area contributed by atoms with Crippen LogP contribution in [0.4, 0.5) is 0 Å². The first-order valence-corrected chi connectivity index (χ1v) is 9.36. The minimum absolute atomic E-state index is 0.0755. The molecule has 0 unspecified atom stereocenters. The third-order valence-electron chi connectivity index (χ3n) is 3.75. The smallest absolute Gasteiger partial charge is 0.243 e. The van der Waals surface area contributed by atoms with Crippen LogP contribution in [0.5, 0.6) is 5.75 Å². The van der Waals surface area contributed by atoms with Gasteiger partial charge in [0.25, 0.3) is 0 Å². The molecule has 2 aromatic carbocycles. The standard InChI is InChI=1S/C20H21NO4S/c1-4-14-21(26(23,24)19-8-6-5-7-9-19)15-16(2)20(22)17-10-12-18(25-3)13-11-17/h4-13H,1-2,14-15H2,3H3. The van der Waals surface area contributed by atoms with Crippen molar-refractivity contribution in [3.63, 3.8) is 0 Å². The molecule has 0 spiro atoms. The number of carbonyl (C=O) groups excluding carboxylic acids is 1. The van der Waals surface area contributed by atoms with Crippen molar-refractivity contribution in [1.82, 2.24) is 4.31 Å². The van der Waals surface area contributed by atoms with Crippen LogP contribution in [0.3, 0.4) is 0 Å². The van der Waals surface area contributed by atoms with Crippen molar-refractivity contribution in [2.24, 2.45) is 0 Å². The third kappa shape index (κ3) is 4.47. The molecule has 5 nitrogen and oxygen atoms in total. The summed E-state index contributed by atoms with van der Waals surface area (Å²) in [5.41, 5.74) is 0.600. The van der Waals surface area contributed by atoms with Crippen molar-refractivity contribution in [3.05, 3.63) is 85.0 Å². The summed E-state index contributed by atoms with van der Waals surface area (Å²) in [5, 5.41) is 0. The number of hydrogen-bond acceptors (Lipinski definition) is 4. The van der Waals surface area contributed by atoms with Gasteiger partial charge < -0.3 is 4.74 Å². The zero-order valence-electron chi connectivity index (χ0n) is 14.6. The van der Waals surface area contributed by atoms with Crippen LogP contribution in [-0.2, 0) is 10.0 Å². The van der Waals surface area contributed by atoms with Crippen LogP contribution in [-0.4, -0.2) is 38.7 Å². The topological polar surface area (TPSA) is 63.7 Å². The highest BCUT2D eigenvalue weighted by atomic mass is 32.2. The Labute approximate surface area is 154 Å². The maximum Gasteiger partial charge on any atom is 0.243 e. The molecule has 6 heteroatoms. The molecule has 2 rings (SSSR count). The SMILES string of the molecule is C=CCN(CC(=C)C(=O)c1ccc(OC)cc1)S(=O)(=O)c1ccccc1. The number of ether oxygens (including phenoxy) is 1. The second-order valence-electron chi connectivity index (χ2n) is 5.56. The van der Waals surface area contributed by atoms with Gasteiger partial charge in [-0.15, -0.1) is 6.58 Å². The van der Waals surface area contributed by atoms with Gasteiger partial charge in [0.1, 0.15) is 5.75 Å². The van der Waals surface area contributed by atoms with E-state index in [4.69, 9.17) is 4.74 Å². The Balaban J connectivity index is 2.22. The number of Topliss-reactive ketones (excluding diaryl/α,β-unsaturated/α-hetero) is 1. The van der Waals surface area contributed by atoms with Gasteiger partial charge in [0.05, 0.1) is 12.0 Å². The van der Waals surface area contributed by atoms with Crippen molar-refractivity contribution in [3.8, 4) is 5.75 Å². The lowest BCUT2D eigenvalue weighted by atomic mass is 10.0. The van der Waals surface area contributed by atoms with Crippen LogP contribution < -0.4 is 4.74 Å². The van der Waals surface area contributed by atoms with E-state index in [0.29, 0.717) is 11.3 Å².